The highest BCUT2D eigenvalue weighted by atomic mass is 16.5. The highest BCUT2D eigenvalue weighted by Gasteiger charge is 2.05. The topological polar surface area (TPSA) is 30.5 Å². The van der Waals surface area contributed by atoms with E-state index in [9.17, 15) is 0 Å². The monoisotopic (exact) mass is 307 g/mol. The fraction of sp³-hybridized carbons (Fsp3) is 0.684. The van der Waals surface area contributed by atoms with Crippen molar-refractivity contribution in [1.29, 1.82) is 0 Å². The largest absolute Gasteiger partial charge is 0.493 e. The van der Waals surface area contributed by atoms with Gasteiger partial charge in [0.15, 0.2) is 11.5 Å². The van der Waals surface area contributed by atoms with E-state index in [1.165, 1.54) is 37.7 Å². The second kappa shape index (κ2) is 12.3. The van der Waals surface area contributed by atoms with Gasteiger partial charge in [-0.05, 0) is 37.1 Å². The molecule has 0 aliphatic rings. The Morgan fingerprint density at radius 2 is 1.68 bits per heavy atom. The highest BCUT2D eigenvalue weighted by Crippen LogP contribution is 2.28. The zero-order valence-corrected chi connectivity index (χ0v) is 14.6. The zero-order valence-electron chi connectivity index (χ0n) is 14.6. The van der Waals surface area contributed by atoms with Crippen molar-refractivity contribution >= 4 is 0 Å². The summed E-state index contributed by atoms with van der Waals surface area (Å²) in [4.78, 5) is 0. The number of hydrogen-bond acceptors (Lipinski definition) is 3. The molecule has 0 aliphatic carbocycles. The van der Waals surface area contributed by atoms with Crippen LogP contribution in [0.5, 0.6) is 11.5 Å². The molecule has 1 N–H and O–H groups in total. The van der Waals surface area contributed by atoms with Crippen molar-refractivity contribution in [1.82, 2.24) is 5.32 Å². The first-order chi connectivity index (χ1) is 10.8. The number of unbranched alkanes of at least 4 members (excludes halogenated alkanes) is 5. The molecule has 0 atom stereocenters. The van der Waals surface area contributed by atoms with Crippen LogP contribution in [0.25, 0.3) is 0 Å². The van der Waals surface area contributed by atoms with Crippen molar-refractivity contribution in [3.8, 4) is 11.5 Å². The van der Waals surface area contributed by atoms with Gasteiger partial charge in [-0.2, -0.15) is 0 Å². The smallest absolute Gasteiger partial charge is 0.161 e. The molecule has 1 rings (SSSR count). The highest BCUT2D eigenvalue weighted by molar-refractivity contribution is 5.42. The molecule has 0 unspecified atom stereocenters. The molecule has 0 saturated carbocycles. The van der Waals surface area contributed by atoms with Crippen LogP contribution in [0.2, 0.25) is 0 Å². The lowest BCUT2D eigenvalue weighted by atomic mass is 10.1. The minimum absolute atomic E-state index is 0.774. The molecule has 1 aromatic rings. The maximum absolute atomic E-state index is 5.87. The van der Waals surface area contributed by atoms with E-state index in [2.05, 4.69) is 31.3 Å². The van der Waals surface area contributed by atoms with E-state index in [1.807, 2.05) is 6.07 Å². The van der Waals surface area contributed by atoms with Crippen LogP contribution in [0.15, 0.2) is 18.2 Å². The molecule has 3 heteroatoms. The average molecular weight is 307 g/mol. The molecule has 0 saturated heterocycles. The summed E-state index contributed by atoms with van der Waals surface area (Å²) in [6.07, 6.45) is 8.83. The molecule has 3 nitrogen and oxygen atoms in total. The minimum Gasteiger partial charge on any atom is -0.493 e. The maximum atomic E-state index is 5.87. The number of ether oxygens (including phenoxy) is 2. The molecule has 0 radical (unpaired) electrons. The van der Waals surface area contributed by atoms with E-state index in [0.29, 0.717) is 0 Å². The second-order valence-corrected chi connectivity index (χ2v) is 5.78. The Labute approximate surface area is 136 Å². The molecule has 0 fully saturated rings. The van der Waals surface area contributed by atoms with Gasteiger partial charge < -0.3 is 14.8 Å². The molecular formula is C19H33NO2. The number of hydrogen-bond donors (Lipinski definition) is 1. The fourth-order valence-electron chi connectivity index (χ4n) is 2.42. The summed E-state index contributed by atoms with van der Waals surface area (Å²) in [5.74, 6) is 1.69. The molecule has 1 aromatic carbocycles. The first kappa shape index (κ1) is 18.8. The Bertz CT molecular complexity index is 393. The van der Waals surface area contributed by atoms with Crippen molar-refractivity contribution < 1.29 is 9.47 Å². The number of nitrogens with one attached hydrogen (secondary N) is 1. The van der Waals surface area contributed by atoms with Gasteiger partial charge in [-0.25, -0.2) is 0 Å². The second-order valence-electron chi connectivity index (χ2n) is 5.78. The van der Waals surface area contributed by atoms with Crippen molar-refractivity contribution in [2.24, 2.45) is 0 Å². The lowest BCUT2D eigenvalue weighted by Crippen LogP contribution is -2.13. The van der Waals surface area contributed by atoms with E-state index < -0.39 is 0 Å². The third kappa shape index (κ3) is 7.69. The molecular weight excluding hydrogens is 274 g/mol. The quantitative estimate of drug-likeness (QED) is 0.524. The number of methoxy groups -OCH3 is 1. The molecule has 0 heterocycles. The first-order valence-corrected chi connectivity index (χ1v) is 8.82. The van der Waals surface area contributed by atoms with Gasteiger partial charge >= 0.3 is 0 Å². The third-order valence-electron chi connectivity index (χ3n) is 3.74. The normalized spacial score (nSPS) is 10.7. The molecule has 0 amide bonds. The van der Waals surface area contributed by atoms with Crippen LogP contribution in [0.3, 0.4) is 0 Å². The van der Waals surface area contributed by atoms with Gasteiger partial charge in [0, 0.05) is 6.54 Å². The third-order valence-corrected chi connectivity index (χ3v) is 3.74. The molecule has 0 spiro atoms. The molecule has 22 heavy (non-hydrogen) atoms. The fourth-order valence-corrected chi connectivity index (χ4v) is 2.42. The van der Waals surface area contributed by atoms with Crippen molar-refractivity contribution in [2.45, 2.75) is 65.3 Å². The zero-order chi connectivity index (χ0) is 16.0. The Morgan fingerprint density at radius 3 is 2.41 bits per heavy atom. The Kier molecular flexibility index (Phi) is 10.6. The number of benzene rings is 1. The van der Waals surface area contributed by atoms with Crippen molar-refractivity contribution in [3.63, 3.8) is 0 Å². The lowest BCUT2D eigenvalue weighted by Gasteiger charge is -2.12. The Balaban J connectivity index is 2.33. The van der Waals surface area contributed by atoms with E-state index >= 15 is 0 Å². The molecule has 0 bridgehead atoms. The van der Waals surface area contributed by atoms with E-state index in [4.69, 9.17) is 9.47 Å². The van der Waals surface area contributed by atoms with Crippen LogP contribution in [-0.4, -0.2) is 20.3 Å². The number of rotatable bonds is 13. The maximum Gasteiger partial charge on any atom is 0.161 e. The summed E-state index contributed by atoms with van der Waals surface area (Å²) in [7, 11) is 1.70. The molecule has 0 aromatic heterocycles. The van der Waals surface area contributed by atoms with Gasteiger partial charge in [-0.15, -0.1) is 0 Å². The average Bonchev–Trinajstić information content (AvgIpc) is 2.55. The standard InChI is InChI=1S/C19H33NO2/c1-4-6-7-8-9-10-14-22-18-12-11-17(15-19(18)21-3)16-20-13-5-2/h11-12,15,20H,4-10,13-14,16H2,1-3H3. The van der Waals surface area contributed by atoms with Crippen LogP contribution in [0.4, 0.5) is 0 Å². The van der Waals surface area contributed by atoms with Crippen LogP contribution in [0, 0.1) is 0 Å². The van der Waals surface area contributed by atoms with Crippen molar-refractivity contribution in [2.75, 3.05) is 20.3 Å². The van der Waals surface area contributed by atoms with Gasteiger partial charge in [0.2, 0.25) is 0 Å². The predicted molar refractivity (Wildman–Crippen MR) is 93.9 cm³/mol. The molecule has 0 aliphatic heterocycles. The summed E-state index contributed by atoms with van der Waals surface area (Å²) in [5.41, 5.74) is 1.23. The van der Waals surface area contributed by atoms with Crippen LogP contribution in [0.1, 0.15) is 64.4 Å². The summed E-state index contributed by atoms with van der Waals surface area (Å²) in [6.45, 7) is 7.11. The van der Waals surface area contributed by atoms with Crippen LogP contribution in [-0.2, 0) is 6.54 Å². The van der Waals surface area contributed by atoms with Gasteiger partial charge in [-0.3, -0.25) is 0 Å². The lowest BCUT2D eigenvalue weighted by molar-refractivity contribution is 0.284. The minimum atomic E-state index is 0.774. The van der Waals surface area contributed by atoms with Gasteiger partial charge in [0.05, 0.1) is 13.7 Å². The summed E-state index contributed by atoms with van der Waals surface area (Å²) >= 11 is 0. The Morgan fingerprint density at radius 1 is 0.909 bits per heavy atom. The first-order valence-electron chi connectivity index (χ1n) is 8.82. The summed E-state index contributed by atoms with van der Waals surface area (Å²) < 4.78 is 11.3. The SMILES string of the molecule is CCCCCCCCOc1ccc(CNCCC)cc1OC. The van der Waals surface area contributed by atoms with Gasteiger partial charge in [-0.1, -0.05) is 52.0 Å². The van der Waals surface area contributed by atoms with Gasteiger partial charge in [0.1, 0.15) is 0 Å². The van der Waals surface area contributed by atoms with Gasteiger partial charge in [0.25, 0.3) is 0 Å². The summed E-state index contributed by atoms with van der Waals surface area (Å²) in [6, 6.07) is 6.21. The van der Waals surface area contributed by atoms with Crippen molar-refractivity contribution in [3.05, 3.63) is 23.8 Å². The van der Waals surface area contributed by atoms with E-state index in [0.717, 1.165) is 44.0 Å². The van der Waals surface area contributed by atoms with E-state index in [-0.39, 0.29) is 0 Å². The molecule has 126 valence electrons. The van der Waals surface area contributed by atoms with Crippen LogP contribution >= 0.6 is 0 Å². The van der Waals surface area contributed by atoms with Crippen LogP contribution < -0.4 is 14.8 Å². The Hall–Kier alpha value is -1.22. The van der Waals surface area contributed by atoms with E-state index in [1.54, 1.807) is 7.11 Å². The predicted octanol–water partition coefficient (Wildman–Crippen LogP) is 4.93. The summed E-state index contributed by atoms with van der Waals surface area (Å²) in [5, 5.41) is 3.40.